The van der Waals surface area contributed by atoms with Crippen molar-refractivity contribution in [1.82, 2.24) is 0 Å². The van der Waals surface area contributed by atoms with Crippen molar-refractivity contribution in [3.63, 3.8) is 0 Å². The second kappa shape index (κ2) is 51.8. The van der Waals surface area contributed by atoms with Crippen LogP contribution >= 0.6 is 0 Å². The predicted octanol–water partition coefficient (Wildman–Crippen LogP) is 19.3. The molecule has 0 aromatic carbocycles. The minimum atomic E-state index is -0.763. The first kappa shape index (κ1) is 63.4. The maximum Gasteiger partial charge on any atom is 0.306 e. The number of hydrogen-bond donors (Lipinski definition) is 0. The van der Waals surface area contributed by atoms with Gasteiger partial charge in [0.25, 0.3) is 0 Å². The zero-order chi connectivity index (χ0) is 47.5. The first-order valence-corrected chi connectivity index (χ1v) is 29.2. The maximum absolute atomic E-state index is 12.9. The SMILES string of the molecule is CCCCCCCCCCCCCCCCCCCC(=O)OC[C@H](COC(=O)CCCCCCCCCCCCC(C)C)OC(=O)CCCCCCCCCCCCCCCCC(C)C. The molecule has 0 N–H and O–H groups in total. The van der Waals surface area contributed by atoms with Crippen LogP contribution in [0.4, 0.5) is 0 Å². The largest absolute Gasteiger partial charge is 0.462 e. The highest BCUT2D eigenvalue weighted by Gasteiger charge is 2.19. The van der Waals surface area contributed by atoms with Gasteiger partial charge in [-0.2, -0.15) is 0 Å². The summed E-state index contributed by atoms with van der Waals surface area (Å²) in [5.74, 6) is 0.823. The molecule has 386 valence electrons. The van der Waals surface area contributed by atoms with Crippen molar-refractivity contribution in [2.24, 2.45) is 11.8 Å². The Bertz CT molecular complexity index is 993. The quantitative estimate of drug-likeness (QED) is 0.0344. The second-order valence-corrected chi connectivity index (χ2v) is 21.2. The molecule has 0 saturated carbocycles. The van der Waals surface area contributed by atoms with Crippen LogP contribution in [-0.4, -0.2) is 37.2 Å². The molecule has 0 heterocycles. The topological polar surface area (TPSA) is 78.9 Å². The van der Waals surface area contributed by atoms with Crippen molar-refractivity contribution in [3.8, 4) is 0 Å². The molecular formula is C59H114O6. The van der Waals surface area contributed by atoms with Crippen molar-refractivity contribution in [3.05, 3.63) is 0 Å². The Morgan fingerprint density at radius 1 is 0.292 bits per heavy atom. The lowest BCUT2D eigenvalue weighted by molar-refractivity contribution is -0.167. The van der Waals surface area contributed by atoms with Crippen LogP contribution in [0.3, 0.4) is 0 Å². The molecule has 0 aliphatic carbocycles. The van der Waals surface area contributed by atoms with E-state index in [2.05, 4.69) is 34.6 Å². The van der Waals surface area contributed by atoms with E-state index >= 15 is 0 Å². The second-order valence-electron chi connectivity index (χ2n) is 21.2. The van der Waals surface area contributed by atoms with E-state index in [9.17, 15) is 14.4 Å². The lowest BCUT2D eigenvalue weighted by Crippen LogP contribution is -2.30. The van der Waals surface area contributed by atoms with Gasteiger partial charge in [0.05, 0.1) is 0 Å². The van der Waals surface area contributed by atoms with Crippen molar-refractivity contribution in [1.29, 1.82) is 0 Å². The summed E-state index contributed by atoms with van der Waals surface area (Å²) in [7, 11) is 0. The highest BCUT2D eigenvalue weighted by atomic mass is 16.6. The molecule has 0 amide bonds. The standard InChI is InChI=1S/C59H114O6/c1-6-7-8-9-10-11-12-13-14-15-16-20-23-29-34-39-44-49-57(60)63-52-56(53-64-58(61)50-45-40-35-30-26-25-28-33-38-43-48-55(4)5)65-59(62)51-46-41-36-31-24-21-18-17-19-22-27-32-37-42-47-54(2)3/h54-56H,6-53H2,1-5H3/t56-/m1/s1. The number of rotatable bonds is 53. The van der Waals surface area contributed by atoms with E-state index in [0.29, 0.717) is 19.3 Å². The van der Waals surface area contributed by atoms with Gasteiger partial charge in [-0.25, -0.2) is 0 Å². The number of carbonyl (C=O) groups is 3. The van der Waals surface area contributed by atoms with Gasteiger partial charge in [0.1, 0.15) is 13.2 Å². The number of hydrogen-bond acceptors (Lipinski definition) is 6. The Morgan fingerprint density at radius 3 is 0.754 bits per heavy atom. The Balaban J connectivity index is 4.29. The maximum atomic E-state index is 12.9. The van der Waals surface area contributed by atoms with Gasteiger partial charge in [0.2, 0.25) is 0 Å². The summed E-state index contributed by atoms with van der Waals surface area (Å²) >= 11 is 0. The third kappa shape index (κ3) is 53.2. The molecule has 0 fully saturated rings. The molecule has 0 aliphatic heterocycles. The number of carbonyl (C=O) groups excluding carboxylic acids is 3. The molecule has 6 nitrogen and oxygen atoms in total. The van der Waals surface area contributed by atoms with Gasteiger partial charge < -0.3 is 14.2 Å². The highest BCUT2D eigenvalue weighted by molar-refractivity contribution is 5.71. The van der Waals surface area contributed by atoms with Gasteiger partial charge in [0, 0.05) is 19.3 Å². The lowest BCUT2D eigenvalue weighted by Gasteiger charge is -2.18. The van der Waals surface area contributed by atoms with E-state index in [1.165, 1.54) is 218 Å². The molecular weight excluding hydrogens is 805 g/mol. The number of esters is 3. The Morgan fingerprint density at radius 2 is 0.508 bits per heavy atom. The Hall–Kier alpha value is -1.59. The molecule has 0 spiro atoms. The smallest absolute Gasteiger partial charge is 0.306 e. The minimum Gasteiger partial charge on any atom is -0.462 e. The van der Waals surface area contributed by atoms with E-state index in [0.717, 1.165) is 69.6 Å². The van der Waals surface area contributed by atoms with Gasteiger partial charge in [0.15, 0.2) is 6.10 Å². The molecule has 0 saturated heterocycles. The summed E-state index contributed by atoms with van der Waals surface area (Å²) in [6.07, 6.45) is 55.2. The molecule has 0 unspecified atom stereocenters. The van der Waals surface area contributed by atoms with E-state index in [1.54, 1.807) is 0 Å². The Kier molecular flexibility index (Phi) is 50.5. The third-order valence-electron chi connectivity index (χ3n) is 13.5. The zero-order valence-electron chi connectivity index (χ0n) is 44.6. The fourth-order valence-electron chi connectivity index (χ4n) is 9.05. The van der Waals surface area contributed by atoms with Crippen molar-refractivity contribution < 1.29 is 28.6 Å². The van der Waals surface area contributed by atoms with Gasteiger partial charge in [-0.3, -0.25) is 14.4 Å². The summed E-state index contributed by atoms with van der Waals surface area (Å²) in [5.41, 5.74) is 0. The molecule has 65 heavy (non-hydrogen) atoms. The van der Waals surface area contributed by atoms with Crippen LogP contribution in [0.1, 0.15) is 330 Å². The molecule has 0 radical (unpaired) electrons. The van der Waals surface area contributed by atoms with E-state index in [1.807, 2.05) is 0 Å². The molecule has 0 aromatic heterocycles. The van der Waals surface area contributed by atoms with Gasteiger partial charge in [-0.05, 0) is 31.1 Å². The third-order valence-corrected chi connectivity index (χ3v) is 13.5. The predicted molar refractivity (Wildman–Crippen MR) is 280 cm³/mol. The Labute approximate surface area is 406 Å². The summed E-state index contributed by atoms with van der Waals surface area (Å²) in [4.78, 5) is 38.1. The molecule has 1 atom stereocenters. The average molecular weight is 920 g/mol. The van der Waals surface area contributed by atoms with Crippen LogP contribution in [0.2, 0.25) is 0 Å². The van der Waals surface area contributed by atoms with Crippen molar-refractivity contribution >= 4 is 17.9 Å². The van der Waals surface area contributed by atoms with Gasteiger partial charge >= 0.3 is 17.9 Å². The summed E-state index contributed by atoms with van der Waals surface area (Å²) < 4.78 is 16.9. The minimum absolute atomic E-state index is 0.0627. The zero-order valence-corrected chi connectivity index (χ0v) is 44.6. The number of unbranched alkanes of at least 4 members (excludes halogenated alkanes) is 38. The van der Waals surface area contributed by atoms with E-state index in [4.69, 9.17) is 14.2 Å². The monoisotopic (exact) mass is 919 g/mol. The summed E-state index contributed by atoms with van der Waals surface area (Å²) in [5, 5.41) is 0. The van der Waals surface area contributed by atoms with Crippen LogP contribution in [0, 0.1) is 11.8 Å². The summed E-state index contributed by atoms with van der Waals surface area (Å²) in [6, 6.07) is 0. The molecule has 0 bridgehead atoms. The molecule has 6 heteroatoms. The fraction of sp³-hybridized carbons (Fsp3) is 0.949. The highest BCUT2D eigenvalue weighted by Crippen LogP contribution is 2.18. The molecule has 0 aromatic rings. The summed E-state index contributed by atoms with van der Waals surface area (Å²) in [6.45, 7) is 11.4. The van der Waals surface area contributed by atoms with Crippen LogP contribution in [0.5, 0.6) is 0 Å². The fourth-order valence-corrected chi connectivity index (χ4v) is 9.05. The molecule has 0 rings (SSSR count). The van der Waals surface area contributed by atoms with Crippen molar-refractivity contribution in [2.45, 2.75) is 336 Å². The van der Waals surface area contributed by atoms with Crippen LogP contribution in [0.25, 0.3) is 0 Å². The van der Waals surface area contributed by atoms with E-state index < -0.39 is 6.10 Å². The van der Waals surface area contributed by atoms with Crippen LogP contribution < -0.4 is 0 Å². The molecule has 0 aliphatic rings. The van der Waals surface area contributed by atoms with Gasteiger partial charge in [-0.15, -0.1) is 0 Å². The normalized spacial score (nSPS) is 12.0. The first-order chi connectivity index (χ1) is 31.7. The van der Waals surface area contributed by atoms with Crippen LogP contribution in [0.15, 0.2) is 0 Å². The first-order valence-electron chi connectivity index (χ1n) is 29.2. The van der Waals surface area contributed by atoms with Crippen molar-refractivity contribution in [2.75, 3.05) is 13.2 Å². The lowest BCUT2D eigenvalue weighted by atomic mass is 10.0. The van der Waals surface area contributed by atoms with Crippen LogP contribution in [-0.2, 0) is 28.6 Å². The average Bonchev–Trinajstić information content (AvgIpc) is 3.28. The number of ether oxygens (including phenoxy) is 3. The van der Waals surface area contributed by atoms with E-state index in [-0.39, 0.29) is 31.1 Å². The van der Waals surface area contributed by atoms with Gasteiger partial charge in [-0.1, -0.05) is 291 Å².